The van der Waals surface area contributed by atoms with Crippen molar-refractivity contribution in [2.45, 2.75) is 212 Å². The molecule has 63 heavy (non-hydrogen) atoms. The van der Waals surface area contributed by atoms with Gasteiger partial charge in [0.15, 0.2) is 0 Å². The molecule has 10 nitrogen and oxygen atoms in total. The zero-order chi connectivity index (χ0) is 51.9. The fourth-order valence-electron chi connectivity index (χ4n) is 3.42. The fourth-order valence-corrected chi connectivity index (χ4v) is 3.42. The van der Waals surface area contributed by atoms with Gasteiger partial charge in [-0.25, -0.2) is 0 Å². The number of carbonyl (C=O) groups is 5. The Balaban J connectivity index is -0.000000117. The molecule has 0 unspecified atom stereocenters. The Hall–Kier alpha value is -3.17. The lowest BCUT2D eigenvalue weighted by atomic mass is 9.91. The Labute approximate surface area is 392 Å². The summed E-state index contributed by atoms with van der Waals surface area (Å²) in [6, 6.07) is 0. The molecule has 0 spiro atoms. The van der Waals surface area contributed by atoms with E-state index in [4.69, 9.17) is 4.74 Å². The van der Waals surface area contributed by atoms with Gasteiger partial charge in [-0.05, 0) is 95.4 Å². The van der Waals surface area contributed by atoms with Gasteiger partial charge >= 0.3 is 11.9 Å². The molecule has 378 valence electrons. The SMILES string of the molecule is C.C=C(N1CCCCC1)C(C)(C)C.C=C(NC)C(C)(C)C.CC(=O)C(C)(C)C.CC(=O)C(C)(C)C.CC(C)(C)OC(=O)C(C)(C)C.CN(C)C(=O)C(C)(C)C.COC(=O)C(C)(C)C. The van der Waals surface area contributed by atoms with E-state index in [1.807, 2.05) is 132 Å². The second kappa shape index (κ2) is 30.9. The third-order valence-corrected chi connectivity index (χ3v) is 8.78. The molecule has 0 aromatic rings. The second-order valence-electron chi connectivity index (χ2n) is 24.3. The Morgan fingerprint density at radius 3 is 0.905 bits per heavy atom. The Bertz CT molecular complexity index is 1280. The summed E-state index contributed by atoms with van der Waals surface area (Å²) in [6.07, 6.45) is 4.08. The summed E-state index contributed by atoms with van der Waals surface area (Å²) in [4.78, 5) is 57.9. The number of piperidine rings is 1. The van der Waals surface area contributed by atoms with Crippen molar-refractivity contribution in [3.63, 3.8) is 0 Å². The maximum atomic E-state index is 11.3. The molecular weight excluding hydrogens is 791 g/mol. The predicted molar refractivity (Wildman–Crippen MR) is 274 cm³/mol. The normalized spacial score (nSPS) is 12.9. The highest BCUT2D eigenvalue weighted by molar-refractivity contribution is 5.81. The summed E-state index contributed by atoms with van der Waals surface area (Å²) in [5.74, 6) is 0.338. The highest BCUT2D eigenvalue weighted by atomic mass is 16.6. The van der Waals surface area contributed by atoms with Gasteiger partial charge in [0.25, 0.3) is 0 Å². The van der Waals surface area contributed by atoms with Gasteiger partial charge < -0.3 is 24.6 Å². The molecule has 1 N–H and O–H groups in total. The highest BCUT2D eigenvalue weighted by Gasteiger charge is 2.28. The summed E-state index contributed by atoms with van der Waals surface area (Å²) in [7, 11) is 6.84. The second-order valence-corrected chi connectivity index (χ2v) is 24.3. The van der Waals surface area contributed by atoms with Crippen LogP contribution in [0.4, 0.5) is 0 Å². The van der Waals surface area contributed by atoms with Gasteiger partial charge in [0, 0.05) is 72.7 Å². The number of amides is 1. The molecule has 1 fully saturated rings. The Morgan fingerprint density at radius 2 is 0.810 bits per heavy atom. The molecule has 0 aromatic carbocycles. The standard InChI is InChI=1S/C11H21N.C9H18O2.C7H15NO.C7H15N.C6H12O2.2C6H12O.CH4/c1-10(11(2,3)4)12-8-6-5-7-9-12;1-8(2,3)7(10)11-9(4,5)6;1-7(2,3)6(9)8(4)5;1-6(8-5)7(2,3)4;1-6(2,3)5(7)8-4;2*1-5(7)6(2,3)4;/h1,5-9H2,2-4H3;1-6H3;1-5H3;8H,1H2,2-5H3;1-4H3;2*1-4H3;1H4. The minimum atomic E-state index is -0.396. The first-order valence-electron chi connectivity index (χ1n) is 22.2. The maximum Gasteiger partial charge on any atom is 0.311 e. The summed E-state index contributed by atoms with van der Waals surface area (Å²) in [5, 5.41) is 3.01. The van der Waals surface area contributed by atoms with Crippen LogP contribution in [0.25, 0.3) is 0 Å². The quantitative estimate of drug-likeness (QED) is 0.270. The van der Waals surface area contributed by atoms with Gasteiger partial charge in [-0.1, -0.05) is 124 Å². The number of rotatable bonds is 2. The molecule has 0 aliphatic carbocycles. The van der Waals surface area contributed by atoms with E-state index in [2.05, 4.69) is 69.7 Å². The lowest BCUT2D eigenvalue weighted by Crippen LogP contribution is -2.33. The van der Waals surface area contributed by atoms with E-state index in [-0.39, 0.29) is 74.9 Å². The first kappa shape index (κ1) is 74.2. The van der Waals surface area contributed by atoms with Crippen molar-refractivity contribution >= 4 is 29.4 Å². The van der Waals surface area contributed by atoms with Crippen molar-refractivity contribution in [3.05, 3.63) is 24.6 Å². The van der Waals surface area contributed by atoms with Gasteiger partial charge in [0.1, 0.15) is 17.2 Å². The van der Waals surface area contributed by atoms with Crippen molar-refractivity contribution in [2.75, 3.05) is 41.3 Å². The molecule has 1 amide bonds. The smallest absolute Gasteiger partial charge is 0.311 e. The zero-order valence-corrected chi connectivity index (χ0v) is 46.7. The average molecular weight is 900 g/mol. The van der Waals surface area contributed by atoms with E-state index >= 15 is 0 Å². The first-order chi connectivity index (χ1) is 26.8. The first-order valence-corrected chi connectivity index (χ1v) is 22.2. The topological polar surface area (TPSA) is 122 Å². The maximum absolute atomic E-state index is 11.3. The van der Waals surface area contributed by atoms with E-state index < -0.39 is 5.41 Å². The summed E-state index contributed by atoms with van der Waals surface area (Å²) in [6.45, 7) is 60.6. The number of nitrogens with one attached hydrogen (secondary N) is 1. The molecule has 0 aromatic heterocycles. The van der Waals surface area contributed by atoms with Crippen LogP contribution in [0.1, 0.15) is 207 Å². The van der Waals surface area contributed by atoms with Crippen molar-refractivity contribution < 1.29 is 33.4 Å². The fraction of sp³-hybridized carbons (Fsp3) is 0.830. The summed E-state index contributed by atoms with van der Waals surface area (Å²) < 4.78 is 9.64. The summed E-state index contributed by atoms with van der Waals surface area (Å²) >= 11 is 0. The number of allylic oxidation sites excluding steroid dienone is 2. The number of esters is 2. The number of ketones is 2. The van der Waals surface area contributed by atoms with Gasteiger partial charge in [0.2, 0.25) is 5.91 Å². The van der Waals surface area contributed by atoms with E-state index in [1.54, 1.807) is 32.8 Å². The van der Waals surface area contributed by atoms with Crippen molar-refractivity contribution in [1.29, 1.82) is 0 Å². The van der Waals surface area contributed by atoms with Crippen LogP contribution in [0.5, 0.6) is 0 Å². The zero-order valence-electron chi connectivity index (χ0n) is 46.7. The largest absolute Gasteiger partial charge is 0.469 e. The van der Waals surface area contributed by atoms with E-state index in [1.165, 1.54) is 45.2 Å². The van der Waals surface area contributed by atoms with Crippen molar-refractivity contribution in [1.82, 2.24) is 15.1 Å². The van der Waals surface area contributed by atoms with Gasteiger partial charge in [0.05, 0.1) is 17.9 Å². The lowest BCUT2D eigenvalue weighted by molar-refractivity contribution is -0.164. The van der Waals surface area contributed by atoms with Crippen LogP contribution in [0.3, 0.4) is 0 Å². The lowest BCUT2D eigenvalue weighted by Gasteiger charge is -2.37. The number of hydrogen-bond donors (Lipinski definition) is 1. The van der Waals surface area contributed by atoms with Crippen molar-refractivity contribution in [2.24, 2.45) is 37.9 Å². The highest BCUT2D eigenvalue weighted by Crippen LogP contribution is 2.29. The molecule has 0 saturated carbocycles. The van der Waals surface area contributed by atoms with Crippen LogP contribution in [0.15, 0.2) is 24.6 Å². The number of carbonyl (C=O) groups excluding carboxylic acids is 5. The molecule has 1 heterocycles. The molecule has 1 saturated heterocycles. The van der Waals surface area contributed by atoms with Gasteiger partial charge in [-0.3, -0.25) is 24.0 Å². The number of likely N-dealkylation sites (tertiary alicyclic amines) is 1. The molecule has 0 radical (unpaired) electrons. The number of methoxy groups -OCH3 is 1. The number of ether oxygens (including phenoxy) is 2. The van der Waals surface area contributed by atoms with Crippen LogP contribution in [-0.4, -0.2) is 86.2 Å². The van der Waals surface area contributed by atoms with E-state index in [9.17, 15) is 24.0 Å². The van der Waals surface area contributed by atoms with Crippen LogP contribution in [0, 0.1) is 37.9 Å². The average Bonchev–Trinajstić information content (AvgIpc) is 3.05. The Morgan fingerprint density at radius 1 is 0.508 bits per heavy atom. The molecule has 1 rings (SSSR count). The molecule has 0 atom stereocenters. The van der Waals surface area contributed by atoms with Crippen LogP contribution in [0.2, 0.25) is 0 Å². The number of hydrogen-bond acceptors (Lipinski definition) is 9. The van der Waals surface area contributed by atoms with E-state index in [0.717, 1.165) is 5.70 Å². The molecular formula is C53H109N3O7. The molecule has 1 aliphatic rings. The van der Waals surface area contributed by atoms with E-state index in [0.29, 0.717) is 0 Å². The number of nitrogens with zero attached hydrogens (tertiary/aromatic N) is 2. The predicted octanol–water partition coefficient (Wildman–Crippen LogP) is 13.4. The minimum Gasteiger partial charge on any atom is -0.469 e. The summed E-state index contributed by atoms with van der Waals surface area (Å²) in [5.41, 5.74) is 1.21. The van der Waals surface area contributed by atoms with Gasteiger partial charge in [-0.15, -0.1) is 0 Å². The molecule has 1 aliphatic heterocycles. The van der Waals surface area contributed by atoms with Crippen LogP contribution >= 0.6 is 0 Å². The third kappa shape index (κ3) is 46.6. The van der Waals surface area contributed by atoms with Crippen molar-refractivity contribution in [3.8, 4) is 0 Å². The minimum absolute atomic E-state index is 0. The van der Waals surface area contributed by atoms with Gasteiger partial charge in [-0.2, -0.15) is 0 Å². The molecule has 10 heteroatoms. The monoisotopic (exact) mass is 900 g/mol. The molecule has 0 bridgehead atoms. The van der Waals surface area contributed by atoms with Crippen LogP contribution < -0.4 is 5.32 Å². The van der Waals surface area contributed by atoms with Crippen LogP contribution in [-0.2, 0) is 33.4 Å². The third-order valence-electron chi connectivity index (χ3n) is 8.78. The Kier molecular flexibility index (Phi) is 36.4. The number of Topliss-reactive ketones (excluding diaryl/α,β-unsaturated/α-hetero) is 2.